The minimum absolute atomic E-state index is 0.0403. The lowest BCUT2D eigenvalue weighted by molar-refractivity contribution is -0.125. The van der Waals surface area contributed by atoms with Crippen LogP contribution in [0.2, 0.25) is 0 Å². The Labute approximate surface area is 184 Å². The molecular formula is C24H33N5O2. The van der Waals surface area contributed by atoms with Crippen LogP contribution in [0.3, 0.4) is 0 Å². The van der Waals surface area contributed by atoms with Crippen LogP contribution in [-0.4, -0.2) is 48.7 Å². The molecule has 0 aliphatic carbocycles. The summed E-state index contributed by atoms with van der Waals surface area (Å²) in [6, 6.07) is 7.89. The highest BCUT2D eigenvalue weighted by molar-refractivity contribution is 5.79. The number of nitrogens with zero attached hydrogens (tertiary/aromatic N) is 4. The fourth-order valence-electron chi connectivity index (χ4n) is 4.54. The molecule has 2 aliphatic rings. The topological polar surface area (TPSA) is 70.6 Å². The lowest BCUT2D eigenvalue weighted by Gasteiger charge is -2.36. The van der Waals surface area contributed by atoms with Crippen LogP contribution in [0.1, 0.15) is 44.6 Å². The Balaban J connectivity index is 1.32. The van der Waals surface area contributed by atoms with Crippen LogP contribution in [0.25, 0.3) is 0 Å². The fraction of sp³-hybridized carbons (Fsp3) is 0.542. The third kappa shape index (κ3) is 5.27. The number of carbonyl (C=O) groups is 1. The fourth-order valence-corrected chi connectivity index (χ4v) is 4.54. The zero-order chi connectivity index (χ0) is 21.5. The number of anilines is 2. The molecule has 0 unspecified atom stereocenters. The number of rotatable bonds is 7. The highest BCUT2D eigenvalue weighted by Crippen LogP contribution is 2.31. The average Bonchev–Trinajstić information content (AvgIpc) is 2.84. The number of piperidine rings is 2. The molecule has 1 aromatic heterocycles. The van der Waals surface area contributed by atoms with Crippen LogP contribution >= 0.6 is 0 Å². The lowest BCUT2D eigenvalue weighted by Crippen LogP contribution is -2.41. The number of amides is 1. The SMILES string of the molecule is CCOc1ccccc1CNC(=O)C1CCN(c2cncnc2N2CCCCC2)CC1. The van der Waals surface area contributed by atoms with Gasteiger partial charge < -0.3 is 19.9 Å². The summed E-state index contributed by atoms with van der Waals surface area (Å²) < 4.78 is 5.67. The monoisotopic (exact) mass is 423 g/mol. The van der Waals surface area contributed by atoms with Crippen molar-refractivity contribution < 1.29 is 9.53 Å². The molecule has 4 rings (SSSR count). The molecule has 1 amide bonds. The molecule has 0 radical (unpaired) electrons. The normalized spacial score (nSPS) is 17.5. The third-order valence-electron chi connectivity index (χ3n) is 6.26. The van der Waals surface area contributed by atoms with Gasteiger partial charge in [-0.1, -0.05) is 18.2 Å². The highest BCUT2D eigenvalue weighted by Gasteiger charge is 2.28. The molecule has 2 fully saturated rings. The van der Waals surface area contributed by atoms with Gasteiger partial charge in [-0.2, -0.15) is 0 Å². The van der Waals surface area contributed by atoms with Gasteiger partial charge >= 0.3 is 0 Å². The van der Waals surface area contributed by atoms with Gasteiger partial charge in [0.05, 0.1) is 18.5 Å². The second kappa shape index (κ2) is 10.5. The summed E-state index contributed by atoms with van der Waals surface area (Å²) >= 11 is 0. The highest BCUT2D eigenvalue weighted by atomic mass is 16.5. The summed E-state index contributed by atoms with van der Waals surface area (Å²) in [6.45, 7) is 6.91. The van der Waals surface area contributed by atoms with Gasteiger partial charge in [0.15, 0.2) is 5.82 Å². The Bertz CT molecular complexity index is 861. The Hall–Kier alpha value is -2.83. The van der Waals surface area contributed by atoms with Crippen molar-refractivity contribution in [2.45, 2.75) is 45.6 Å². The van der Waals surface area contributed by atoms with Gasteiger partial charge in [-0.15, -0.1) is 0 Å². The Morgan fingerprint density at radius 3 is 2.65 bits per heavy atom. The predicted molar refractivity (Wildman–Crippen MR) is 122 cm³/mol. The quantitative estimate of drug-likeness (QED) is 0.736. The largest absolute Gasteiger partial charge is 0.494 e. The van der Waals surface area contributed by atoms with Gasteiger partial charge in [0.25, 0.3) is 0 Å². The Morgan fingerprint density at radius 1 is 1.10 bits per heavy atom. The summed E-state index contributed by atoms with van der Waals surface area (Å²) in [5, 5.41) is 3.11. The number of ether oxygens (including phenoxy) is 1. The van der Waals surface area contributed by atoms with E-state index < -0.39 is 0 Å². The van der Waals surface area contributed by atoms with E-state index in [-0.39, 0.29) is 11.8 Å². The second-order valence-corrected chi connectivity index (χ2v) is 8.30. The molecule has 2 aliphatic heterocycles. The molecule has 0 spiro atoms. The van der Waals surface area contributed by atoms with Crippen molar-refractivity contribution in [3.8, 4) is 5.75 Å². The predicted octanol–water partition coefficient (Wildman–Crippen LogP) is 3.40. The zero-order valence-corrected chi connectivity index (χ0v) is 18.4. The van der Waals surface area contributed by atoms with E-state index in [1.807, 2.05) is 37.4 Å². The van der Waals surface area contributed by atoms with Crippen molar-refractivity contribution in [1.82, 2.24) is 15.3 Å². The van der Waals surface area contributed by atoms with Gasteiger partial charge in [-0.05, 0) is 45.1 Å². The van der Waals surface area contributed by atoms with Gasteiger partial charge in [-0.3, -0.25) is 4.79 Å². The molecule has 166 valence electrons. The first-order valence-corrected chi connectivity index (χ1v) is 11.5. The van der Waals surface area contributed by atoms with E-state index in [9.17, 15) is 4.79 Å². The third-order valence-corrected chi connectivity index (χ3v) is 6.26. The van der Waals surface area contributed by atoms with Crippen molar-refractivity contribution in [3.63, 3.8) is 0 Å². The second-order valence-electron chi connectivity index (χ2n) is 8.30. The van der Waals surface area contributed by atoms with E-state index in [1.54, 1.807) is 6.33 Å². The number of hydrogen-bond acceptors (Lipinski definition) is 6. The molecular weight excluding hydrogens is 390 g/mol. The van der Waals surface area contributed by atoms with Crippen molar-refractivity contribution in [1.29, 1.82) is 0 Å². The van der Waals surface area contributed by atoms with Crippen molar-refractivity contribution in [2.24, 2.45) is 5.92 Å². The van der Waals surface area contributed by atoms with Gasteiger partial charge in [-0.25, -0.2) is 9.97 Å². The molecule has 1 N–H and O–H groups in total. The minimum Gasteiger partial charge on any atom is -0.494 e. The molecule has 31 heavy (non-hydrogen) atoms. The molecule has 3 heterocycles. The van der Waals surface area contributed by atoms with Crippen LogP contribution in [0.5, 0.6) is 5.75 Å². The maximum Gasteiger partial charge on any atom is 0.223 e. The zero-order valence-electron chi connectivity index (χ0n) is 18.4. The molecule has 0 saturated carbocycles. The smallest absolute Gasteiger partial charge is 0.223 e. The first kappa shape index (κ1) is 21.4. The number of nitrogens with one attached hydrogen (secondary N) is 1. The summed E-state index contributed by atoms with van der Waals surface area (Å²) in [5.41, 5.74) is 2.12. The van der Waals surface area contributed by atoms with Crippen molar-refractivity contribution in [3.05, 3.63) is 42.4 Å². The Morgan fingerprint density at radius 2 is 1.87 bits per heavy atom. The number of benzene rings is 1. The maximum atomic E-state index is 12.8. The van der Waals surface area contributed by atoms with Crippen LogP contribution in [0, 0.1) is 5.92 Å². The maximum absolute atomic E-state index is 12.8. The van der Waals surface area contributed by atoms with E-state index in [1.165, 1.54) is 19.3 Å². The lowest BCUT2D eigenvalue weighted by atomic mass is 9.95. The molecule has 2 aromatic rings. The van der Waals surface area contributed by atoms with E-state index >= 15 is 0 Å². The first-order chi connectivity index (χ1) is 15.3. The first-order valence-electron chi connectivity index (χ1n) is 11.5. The summed E-state index contributed by atoms with van der Waals surface area (Å²) in [4.78, 5) is 26.4. The number of carbonyl (C=O) groups excluding carboxylic acids is 1. The van der Waals surface area contributed by atoms with Gasteiger partial charge in [0.2, 0.25) is 5.91 Å². The number of hydrogen-bond donors (Lipinski definition) is 1. The van der Waals surface area contributed by atoms with Crippen molar-refractivity contribution >= 4 is 17.4 Å². The van der Waals surface area contributed by atoms with Gasteiger partial charge in [0.1, 0.15) is 12.1 Å². The molecule has 7 nitrogen and oxygen atoms in total. The summed E-state index contributed by atoms with van der Waals surface area (Å²) in [7, 11) is 0. The van der Waals surface area contributed by atoms with E-state index in [0.717, 1.165) is 61.8 Å². The minimum atomic E-state index is 0.0403. The molecule has 1 aromatic carbocycles. The summed E-state index contributed by atoms with van der Waals surface area (Å²) in [6.07, 6.45) is 9.00. The van der Waals surface area contributed by atoms with Crippen molar-refractivity contribution in [2.75, 3.05) is 42.6 Å². The average molecular weight is 424 g/mol. The molecule has 0 bridgehead atoms. The van der Waals surface area contributed by atoms with Gasteiger partial charge in [0, 0.05) is 44.2 Å². The van der Waals surface area contributed by atoms with Crippen LogP contribution in [0.4, 0.5) is 11.5 Å². The van der Waals surface area contributed by atoms with E-state index in [4.69, 9.17) is 4.74 Å². The molecule has 0 atom stereocenters. The van der Waals surface area contributed by atoms with E-state index in [0.29, 0.717) is 13.2 Å². The molecule has 2 saturated heterocycles. The summed E-state index contributed by atoms with van der Waals surface area (Å²) in [5.74, 6) is 2.06. The molecule has 7 heteroatoms. The van der Waals surface area contributed by atoms with Crippen LogP contribution in [0.15, 0.2) is 36.8 Å². The standard InChI is InChI=1S/C24H33N5O2/c1-2-31-22-9-5-4-8-20(22)16-26-24(30)19-10-14-28(15-11-19)21-17-25-18-27-23(21)29-12-6-3-7-13-29/h4-5,8-9,17-19H,2-3,6-7,10-16H2,1H3,(H,26,30). The number of para-hydroxylation sites is 1. The number of aromatic nitrogens is 2. The van der Waals surface area contributed by atoms with Crippen LogP contribution < -0.4 is 19.9 Å². The Kier molecular flexibility index (Phi) is 7.22. The van der Waals surface area contributed by atoms with Crippen LogP contribution in [-0.2, 0) is 11.3 Å². The van der Waals surface area contributed by atoms with E-state index in [2.05, 4.69) is 25.1 Å².